The van der Waals surface area contributed by atoms with E-state index in [0.717, 1.165) is 87.6 Å². The van der Waals surface area contributed by atoms with Crippen LogP contribution in [0.1, 0.15) is 44.5 Å². The van der Waals surface area contributed by atoms with Gasteiger partial charge in [-0.05, 0) is 39.3 Å². The van der Waals surface area contributed by atoms with Crippen molar-refractivity contribution in [2.45, 2.75) is 39.3 Å². The predicted octanol–water partition coefficient (Wildman–Crippen LogP) is 11.5. The Morgan fingerprint density at radius 1 is 0.237 bits per heavy atom. The Kier molecular flexibility index (Phi) is 10.5. The van der Waals surface area contributed by atoms with Crippen LogP contribution in [-0.2, 0) is 12.3 Å². The number of nitrogens with zero attached hydrogens (tertiary/aromatic N) is 16. The first kappa shape index (κ1) is 52.9. The monoisotopic (exact) mass is 1270 g/mol. The van der Waals surface area contributed by atoms with Crippen molar-refractivity contribution in [1.29, 1.82) is 0 Å². The summed E-state index contributed by atoms with van der Waals surface area (Å²) >= 11 is 0. The molecule has 8 aromatic carbocycles. The minimum atomic E-state index is -5.28. The van der Waals surface area contributed by atoms with Crippen LogP contribution in [0.3, 0.4) is 0 Å². The van der Waals surface area contributed by atoms with Crippen LogP contribution < -0.4 is 22.0 Å². The molecule has 20 rings (SSSR count). The lowest BCUT2D eigenvalue weighted by molar-refractivity contribution is 0.264. The summed E-state index contributed by atoms with van der Waals surface area (Å²) < 4.78 is 35.8. The summed E-state index contributed by atoms with van der Waals surface area (Å²) in [7, 11) is -16.9. The summed E-state index contributed by atoms with van der Waals surface area (Å²) in [6.45, 7) is 13.2. The molecule has 8 aliphatic heterocycles. The van der Waals surface area contributed by atoms with Crippen LogP contribution in [0.5, 0.6) is 0 Å². The first-order valence-electron chi connectivity index (χ1n) is 30.9. The molecule has 444 valence electrons. The van der Waals surface area contributed by atoms with E-state index >= 15 is 0 Å². The van der Waals surface area contributed by atoms with Crippen molar-refractivity contribution >= 4 is 147 Å². The molecule has 0 saturated carbocycles. The largest absolute Gasteiger partial charge is 0.586 e. The number of hydrogen-bond acceptors (Lipinski definition) is 15. The van der Waals surface area contributed by atoms with Gasteiger partial charge in [-0.3, -0.25) is 16.9 Å². The van der Waals surface area contributed by atoms with E-state index in [9.17, 15) is 4.12 Å². The molecule has 12 aromatic rings. The van der Waals surface area contributed by atoms with E-state index in [4.69, 9.17) is 68.1 Å². The van der Waals surface area contributed by atoms with Gasteiger partial charge in [0.05, 0.1) is 0 Å². The van der Waals surface area contributed by atoms with Gasteiger partial charge in [-0.15, -0.1) is 0 Å². The highest BCUT2D eigenvalue weighted by Crippen LogP contribution is 2.49. The van der Waals surface area contributed by atoms with Gasteiger partial charge in [-0.1, -0.05) is 194 Å². The predicted molar refractivity (Wildman–Crippen MR) is 372 cm³/mol. The molecule has 8 aliphatic rings. The van der Waals surface area contributed by atoms with Gasteiger partial charge in [0.2, 0.25) is 0 Å². The fraction of sp³-hybridized carbons (Fsp3) is 0.0857. The zero-order valence-corrected chi connectivity index (χ0v) is 54.9. The second kappa shape index (κ2) is 18.5. The Bertz CT molecular complexity index is 5410. The Balaban J connectivity index is 1.09. The molecular formula is C70H50N16O3Si4. The lowest BCUT2D eigenvalue weighted by atomic mass is 10.1. The first-order valence-corrected chi connectivity index (χ1v) is 41.1. The average molecular weight is 1280 g/mol. The Hall–Kier alpha value is -10.8. The van der Waals surface area contributed by atoms with Crippen LogP contribution in [0.25, 0.3) is 43.1 Å². The zero-order valence-electron chi connectivity index (χ0n) is 50.9. The topological polar surface area (TPSA) is 196 Å². The summed E-state index contributed by atoms with van der Waals surface area (Å²) in [4.78, 5) is 68.9. The number of benzene rings is 8. The number of aromatic nitrogens is 4. The van der Waals surface area contributed by atoms with E-state index in [0.29, 0.717) is 91.9 Å². The first-order chi connectivity index (χ1) is 45.3. The van der Waals surface area contributed by atoms with Crippen molar-refractivity contribution in [2.24, 2.45) is 59.9 Å². The summed E-state index contributed by atoms with van der Waals surface area (Å²) in [5.41, 5.74) is 8.41. The molecule has 19 nitrogen and oxygen atoms in total. The average Bonchev–Trinajstić information content (AvgIpc) is 1.53. The van der Waals surface area contributed by atoms with Gasteiger partial charge in [-0.2, -0.15) is 0 Å². The summed E-state index contributed by atoms with van der Waals surface area (Å²) in [6.07, 6.45) is 0. The number of amidine groups is 8. The molecule has 0 radical (unpaired) electrons. The van der Waals surface area contributed by atoms with Gasteiger partial charge in [0.15, 0.2) is 63.3 Å². The Labute approximate surface area is 533 Å². The van der Waals surface area contributed by atoms with Crippen LogP contribution in [0.15, 0.2) is 254 Å². The van der Waals surface area contributed by atoms with E-state index in [1.165, 1.54) is 0 Å². The van der Waals surface area contributed by atoms with E-state index in [-0.39, 0.29) is 0 Å². The Morgan fingerprint density at radius 2 is 0.430 bits per heavy atom. The van der Waals surface area contributed by atoms with E-state index < -0.39 is 34.4 Å². The quantitative estimate of drug-likeness (QED) is 0.150. The molecular weight excluding hydrogens is 1230 g/mol. The summed E-state index contributed by atoms with van der Waals surface area (Å²) in [5.74, 6) is 5.59. The van der Waals surface area contributed by atoms with Crippen molar-refractivity contribution < 1.29 is 12.3 Å². The third kappa shape index (κ3) is 7.36. The third-order valence-corrected chi connectivity index (χ3v) is 30.9. The van der Waals surface area contributed by atoms with Gasteiger partial charge in [0.25, 0.3) is 0 Å². The smallest absolute Gasteiger partial charge is 0.404 e. The molecule has 23 heteroatoms. The van der Waals surface area contributed by atoms with Crippen LogP contribution in [0, 0.1) is 0 Å². The van der Waals surface area contributed by atoms with E-state index in [2.05, 4.69) is 153 Å². The van der Waals surface area contributed by atoms with Crippen LogP contribution in [0.2, 0.25) is 39.3 Å². The normalized spacial score (nSPS) is 22.8. The van der Waals surface area contributed by atoms with Gasteiger partial charge in [0.1, 0.15) is 45.2 Å². The van der Waals surface area contributed by atoms with Gasteiger partial charge >= 0.3 is 17.8 Å². The molecule has 0 amide bonds. The zero-order chi connectivity index (χ0) is 62.0. The molecule has 0 spiro atoms. The highest BCUT2D eigenvalue weighted by Gasteiger charge is 2.66. The fourth-order valence-electron chi connectivity index (χ4n) is 14.2. The highest BCUT2D eigenvalue weighted by atomic mass is 28.5. The second-order valence-corrected chi connectivity index (χ2v) is 40.7. The minimum Gasteiger partial charge on any atom is -0.404 e. The SMILES string of the molecule is C[Si](C)(C)O[Si]1(O[Si]2(O[Si](C)(C)C)n3c4c5ccccc5c3/N=C3N=C(/N=c5/c6ccccc6/c(n52)=N/C2=NC(=N\4)/c4ccccc42)c2ccccc2\3)n2c3c4ccccc4c2/N=C2N=C(/N=c4/c5ccccc5/c(n41)=N/C1=NC(=N\3)/c3ccccc31)c1ccccc1\2. The van der Waals surface area contributed by atoms with Crippen molar-refractivity contribution in [1.82, 2.24) is 16.9 Å². The molecule has 2 unspecified atom stereocenters. The lowest BCUT2D eigenvalue weighted by Gasteiger charge is -2.45. The molecule has 12 bridgehead atoms. The molecule has 2 atom stereocenters. The second-order valence-electron chi connectivity index (χ2n) is 25.9. The van der Waals surface area contributed by atoms with E-state index in [1.807, 2.05) is 97.1 Å². The van der Waals surface area contributed by atoms with E-state index in [1.54, 1.807) is 0 Å². The molecule has 12 heterocycles. The summed E-state index contributed by atoms with van der Waals surface area (Å²) in [5, 5.41) is 6.11. The van der Waals surface area contributed by atoms with Crippen LogP contribution in [0.4, 0.5) is 23.3 Å². The fourth-order valence-corrected chi connectivity index (χ4v) is 29.9. The molecule has 0 saturated heterocycles. The third-order valence-electron chi connectivity index (χ3n) is 17.8. The summed E-state index contributed by atoms with van der Waals surface area (Å²) in [6, 6.07) is 65.6. The van der Waals surface area contributed by atoms with Gasteiger partial charge in [0, 0.05) is 87.6 Å². The maximum atomic E-state index is 9.60. The van der Waals surface area contributed by atoms with Crippen molar-refractivity contribution in [2.75, 3.05) is 0 Å². The lowest BCUT2D eigenvalue weighted by Crippen LogP contribution is -2.77. The number of hydrogen-bond donors (Lipinski definition) is 0. The maximum Gasteiger partial charge on any atom is 0.586 e. The number of aliphatic imine (C=N–C) groups is 8. The highest BCUT2D eigenvalue weighted by molar-refractivity contribution is 6.89. The van der Waals surface area contributed by atoms with Crippen LogP contribution >= 0.6 is 0 Å². The minimum absolute atomic E-state index is 0.460. The van der Waals surface area contributed by atoms with Crippen molar-refractivity contribution in [3.05, 3.63) is 261 Å². The van der Waals surface area contributed by atoms with Gasteiger partial charge < -0.3 is 12.3 Å². The van der Waals surface area contributed by atoms with Crippen molar-refractivity contribution in [3.8, 4) is 0 Å². The molecule has 0 fully saturated rings. The number of fused-ring (bicyclic) bond motifs is 28. The maximum absolute atomic E-state index is 9.60. The molecule has 0 aliphatic carbocycles. The standard InChI is InChI=1S/C70H50N16O3Si4/c1-90(2,3)87-92(83-63-47-31-15-16-32-48(47)65(83)77-57-41-25-9-10-26-42(41)58(72-57)78-66-50-34-18-17-33-49(50)64(84(66)92)76-56-40-24-8-7-23-39(40)55(71-56)75-63)89-93(88-91(4,5)6)85-67-51-35-19-20-36-52(51)69(85)81-61-45-29-13-14-30-46(45)62(74-61)82-70-54-38-22-21-37-53(54)68(86(70)93)80-60-44-28-12-11-27-43(44)59(73-60)79-67/h7-38H,1-6H3/b75-55-,75-63?,76-56?,76-64-,77-57-,77-65?,78-58?,78-66-,79-59-,79-67?,80-60?,80-68-,81-61-,81-69?,82-62?,82-70-. The molecule has 0 N–H and O–H groups in total. The molecule has 93 heavy (non-hydrogen) atoms. The molecule has 4 aromatic heterocycles. The number of rotatable bonds is 6. The van der Waals surface area contributed by atoms with Crippen LogP contribution in [-0.4, -0.2) is 98.0 Å². The Morgan fingerprint density at radius 3 is 0.645 bits per heavy atom. The van der Waals surface area contributed by atoms with Crippen molar-refractivity contribution in [3.63, 3.8) is 0 Å². The van der Waals surface area contributed by atoms with Gasteiger partial charge in [-0.25, -0.2) is 59.9 Å².